The highest BCUT2D eigenvalue weighted by Gasteiger charge is 2.23. The van der Waals surface area contributed by atoms with Crippen molar-refractivity contribution in [3.8, 4) is 17.2 Å². The van der Waals surface area contributed by atoms with Crippen molar-refractivity contribution in [1.82, 2.24) is 9.80 Å². The Morgan fingerprint density at radius 2 is 1.71 bits per heavy atom. The van der Waals surface area contributed by atoms with Gasteiger partial charge in [0.2, 0.25) is 0 Å². The Morgan fingerprint density at radius 3 is 2.45 bits per heavy atom. The van der Waals surface area contributed by atoms with Crippen molar-refractivity contribution in [3.63, 3.8) is 0 Å². The largest absolute Gasteiger partial charge is 0.493 e. The number of likely N-dealkylation sites (tertiary alicyclic amines) is 1. The van der Waals surface area contributed by atoms with Gasteiger partial charge in [-0.05, 0) is 61.8 Å². The van der Waals surface area contributed by atoms with Crippen LogP contribution in [0.25, 0.3) is 0 Å². The number of fused-ring (bicyclic) bond motifs is 1. The number of hydrogen-bond acceptors (Lipinski definition) is 5. The molecule has 31 heavy (non-hydrogen) atoms. The fourth-order valence-corrected chi connectivity index (χ4v) is 4.42. The van der Waals surface area contributed by atoms with E-state index in [0.29, 0.717) is 36.8 Å². The van der Waals surface area contributed by atoms with Gasteiger partial charge in [0.25, 0.3) is 5.91 Å². The van der Waals surface area contributed by atoms with Gasteiger partial charge in [-0.15, -0.1) is 0 Å². The first-order valence-corrected chi connectivity index (χ1v) is 11.2. The summed E-state index contributed by atoms with van der Waals surface area (Å²) in [5.41, 5.74) is 2.94. The van der Waals surface area contributed by atoms with Gasteiger partial charge in [0.15, 0.2) is 11.5 Å². The van der Waals surface area contributed by atoms with Gasteiger partial charge >= 0.3 is 0 Å². The fraction of sp³-hybridized carbons (Fsp3) is 0.480. The smallest absolute Gasteiger partial charge is 0.254 e. The number of nitrogens with zero attached hydrogens (tertiary/aromatic N) is 2. The summed E-state index contributed by atoms with van der Waals surface area (Å²) in [4.78, 5) is 17.6. The Labute approximate surface area is 184 Å². The normalized spacial score (nSPS) is 17.2. The summed E-state index contributed by atoms with van der Waals surface area (Å²) in [7, 11) is 3.17. The molecule has 2 aromatic carbocycles. The summed E-state index contributed by atoms with van der Waals surface area (Å²) in [6.07, 6.45) is 5.23. The lowest BCUT2D eigenvalue weighted by Crippen LogP contribution is -2.32. The van der Waals surface area contributed by atoms with Crippen molar-refractivity contribution >= 4 is 5.91 Å². The van der Waals surface area contributed by atoms with Crippen molar-refractivity contribution in [2.24, 2.45) is 0 Å². The van der Waals surface area contributed by atoms with E-state index < -0.39 is 0 Å². The number of hydrogen-bond donors (Lipinski definition) is 0. The molecule has 1 amide bonds. The summed E-state index contributed by atoms with van der Waals surface area (Å²) in [5.74, 6) is 2.01. The summed E-state index contributed by atoms with van der Waals surface area (Å²) in [6.45, 7) is 4.85. The van der Waals surface area contributed by atoms with Crippen LogP contribution < -0.4 is 14.2 Å². The first-order chi connectivity index (χ1) is 15.2. The molecule has 0 atom stereocenters. The van der Waals surface area contributed by atoms with E-state index in [-0.39, 0.29) is 5.91 Å². The monoisotopic (exact) mass is 424 g/mol. The summed E-state index contributed by atoms with van der Waals surface area (Å²) < 4.78 is 16.6. The highest BCUT2D eigenvalue weighted by Crippen LogP contribution is 2.30. The molecule has 2 heterocycles. The average molecular weight is 425 g/mol. The molecular formula is C25H32N2O4. The van der Waals surface area contributed by atoms with Gasteiger partial charge in [0.1, 0.15) is 12.4 Å². The first kappa shape index (κ1) is 21.5. The van der Waals surface area contributed by atoms with E-state index in [1.807, 2.05) is 4.90 Å². The molecule has 6 nitrogen and oxygen atoms in total. The highest BCUT2D eigenvalue weighted by atomic mass is 16.5. The predicted octanol–water partition coefficient (Wildman–Crippen LogP) is 4.11. The van der Waals surface area contributed by atoms with Crippen LogP contribution in [0.2, 0.25) is 0 Å². The number of carbonyl (C=O) groups is 1. The minimum absolute atomic E-state index is 0.0321. The molecule has 4 rings (SSSR count). The number of carbonyl (C=O) groups excluding carboxylic acids is 1. The molecule has 2 aromatic rings. The predicted molar refractivity (Wildman–Crippen MR) is 120 cm³/mol. The van der Waals surface area contributed by atoms with Gasteiger partial charge in [0, 0.05) is 24.2 Å². The highest BCUT2D eigenvalue weighted by molar-refractivity contribution is 5.95. The lowest BCUT2D eigenvalue weighted by atomic mass is 10.1. The fourth-order valence-electron chi connectivity index (χ4n) is 4.42. The Morgan fingerprint density at radius 1 is 0.935 bits per heavy atom. The number of methoxy groups -OCH3 is 2. The molecular weight excluding hydrogens is 392 g/mol. The number of benzene rings is 2. The van der Waals surface area contributed by atoms with E-state index in [0.717, 1.165) is 30.9 Å². The van der Waals surface area contributed by atoms with Gasteiger partial charge < -0.3 is 19.1 Å². The van der Waals surface area contributed by atoms with Crippen LogP contribution in [-0.2, 0) is 13.1 Å². The second-order valence-corrected chi connectivity index (χ2v) is 8.28. The zero-order chi connectivity index (χ0) is 21.6. The average Bonchev–Trinajstić information content (AvgIpc) is 3.18. The molecule has 0 spiro atoms. The second kappa shape index (κ2) is 10.1. The third-order valence-electron chi connectivity index (χ3n) is 6.13. The van der Waals surface area contributed by atoms with E-state index in [9.17, 15) is 4.79 Å². The third-order valence-corrected chi connectivity index (χ3v) is 6.13. The molecule has 6 heteroatoms. The number of ether oxygens (including phenoxy) is 3. The zero-order valence-electron chi connectivity index (χ0n) is 18.6. The molecule has 0 radical (unpaired) electrons. The minimum Gasteiger partial charge on any atom is -0.493 e. The van der Waals surface area contributed by atoms with E-state index in [2.05, 4.69) is 23.1 Å². The van der Waals surface area contributed by atoms with Crippen molar-refractivity contribution in [1.29, 1.82) is 0 Å². The van der Waals surface area contributed by atoms with E-state index >= 15 is 0 Å². The second-order valence-electron chi connectivity index (χ2n) is 8.28. The Kier molecular flexibility index (Phi) is 6.97. The van der Waals surface area contributed by atoms with Gasteiger partial charge in [-0.3, -0.25) is 9.69 Å². The van der Waals surface area contributed by atoms with Crippen molar-refractivity contribution in [3.05, 3.63) is 53.1 Å². The van der Waals surface area contributed by atoms with Crippen LogP contribution in [0.3, 0.4) is 0 Å². The molecule has 0 aliphatic carbocycles. The van der Waals surface area contributed by atoms with Gasteiger partial charge in [-0.25, -0.2) is 0 Å². The molecule has 0 saturated carbocycles. The molecule has 1 fully saturated rings. The van der Waals surface area contributed by atoms with Crippen LogP contribution in [0, 0.1) is 0 Å². The van der Waals surface area contributed by atoms with Gasteiger partial charge in [-0.1, -0.05) is 18.9 Å². The maximum atomic E-state index is 13.2. The Balaban J connectivity index is 1.51. The third kappa shape index (κ3) is 5.13. The maximum Gasteiger partial charge on any atom is 0.254 e. The van der Waals surface area contributed by atoms with Crippen LogP contribution in [0.1, 0.15) is 47.2 Å². The molecule has 0 bridgehead atoms. The summed E-state index contributed by atoms with van der Waals surface area (Å²) in [6, 6.07) is 11.7. The van der Waals surface area contributed by atoms with Gasteiger partial charge in [-0.2, -0.15) is 0 Å². The molecule has 0 N–H and O–H groups in total. The van der Waals surface area contributed by atoms with Gasteiger partial charge in [0.05, 0.1) is 20.8 Å². The minimum atomic E-state index is -0.0321. The zero-order valence-corrected chi connectivity index (χ0v) is 18.6. The quantitative estimate of drug-likeness (QED) is 0.723. The molecule has 0 unspecified atom stereocenters. The SMILES string of the molecule is COc1ccc(C(=O)N2CCOc3ccc(CN4CCCCCC4)cc3C2)cc1OC. The van der Waals surface area contributed by atoms with Crippen LogP contribution >= 0.6 is 0 Å². The number of amides is 1. The van der Waals surface area contributed by atoms with E-state index in [1.54, 1.807) is 32.4 Å². The van der Waals surface area contributed by atoms with Crippen LogP contribution in [0.5, 0.6) is 17.2 Å². The lowest BCUT2D eigenvalue weighted by molar-refractivity contribution is 0.0732. The topological polar surface area (TPSA) is 51.2 Å². The standard InChI is InChI=1S/C25H32N2O4/c1-29-23-10-8-20(16-24(23)30-2)25(28)27-13-14-31-22-9-7-19(15-21(22)18-27)17-26-11-5-3-4-6-12-26/h7-10,15-16H,3-6,11-14,17-18H2,1-2H3. The van der Waals surface area contributed by atoms with Crippen molar-refractivity contribution in [2.75, 3.05) is 40.5 Å². The van der Waals surface area contributed by atoms with Crippen molar-refractivity contribution in [2.45, 2.75) is 38.8 Å². The van der Waals surface area contributed by atoms with Crippen LogP contribution in [-0.4, -0.2) is 56.2 Å². The van der Waals surface area contributed by atoms with E-state index in [1.165, 1.54) is 31.2 Å². The lowest BCUT2D eigenvalue weighted by Gasteiger charge is -2.22. The Bertz CT molecular complexity index is 906. The van der Waals surface area contributed by atoms with E-state index in [4.69, 9.17) is 14.2 Å². The molecule has 1 saturated heterocycles. The molecule has 0 aromatic heterocycles. The molecule has 2 aliphatic rings. The molecule has 2 aliphatic heterocycles. The van der Waals surface area contributed by atoms with Crippen LogP contribution in [0.15, 0.2) is 36.4 Å². The Hall–Kier alpha value is -2.73. The van der Waals surface area contributed by atoms with Crippen molar-refractivity contribution < 1.29 is 19.0 Å². The molecule has 166 valence electrons. The maximum absolute atomic E-state index is 13.2. The number of rotatable bonds is 5. The van der Waals surface area contributed by atoms with Crippen LogP contribution in [0.4, 0.5) is 0 Å². The first-order valence-electron chi connectivity index (χ1n) is 11.2. The summed E-state index contributed by atoms with van der Waals surface area (Å²) >= 11 is 0. The summed E-state index contributed by atoms with van der Waals surface area (Å²) in [5, 5.41) is 0.